The van der Waals surface area contributed by atoms with E-state index >= 15 is 0 Å². The van der Waals surface area contributed by atoms with Crippen molar-refractivity contribution in [3.63, 3.8) is 0 Å². The van der Waals surface area contributed by atoms with Crippen molar-refractivity contribution in [2.24, 2.45) is 0 Å². The van der Waals surface area contributed by atoms with E-state index < -0.39 is 44.4 Å². The zero-order valence-corrected chi connectivity index (χ0v) is 16.5. The fourth-order valence-corrected chi connectivity index (χ4v) is 4.39. The van der Waals surface area contributed by atoms with Gasteiger partial charge in [-0.25, -0.2) is 13.4 Å². The van der Waals surface area contributed by atoms with E-state index in [1.807, 2.05) is 0 Å². The minimum atomic E-state index is -5.09. The van der Waals surface area contributed by atoms with Gasteiger partial charge in [0.25, 0.3) is 0 Å². The Hall–Kier alpha value is -2.31. The average molecular weight is 472 g/mol. The smallest absolute Gasteiger partial charge is 0.290 e. The van der Waals surface area contributed by atoms with Gasteiger partial charge >= 0.3 is 12.4 Å². The Morgan fingerprint density at radius 3 is 2.20 bits per heavy atom. The van der Waals surface area contributed by atoms with Gasteiger partial charge in [0.1, 0.15) is 16.8 Å². The quantitative estimate of drug-likeness (QED) is 0.507. The van der Waals surface area contributed by atoms with Crippen molar-refractivity contribution in [2.45, 2.75) is 23.3 Å². The van der Waals surface area contributed by atoms with Gasteiger partial charge in [0.2, 0.25) is 10.0 Å². The molecule has 2 aromatic heterocycles. The highest BCUT2D eigenvalue weighted by atomic mass is 35.5. The second-order valence-corrected chi connectivity index (χ2v) is 8.64. The minimum absolute atomic E-state index is 0.0615. The summed E-state index contributed by atoms with van der Waals surface area (Å²) in [4.78, 5) is 3.37. The van der Waals surface area contributed by atoms with Crippen LogP contribution in [0.1, 0.15) is 17.2 Å². The molecule has 0 N–H and O–H groups in total. The highest BCUT2D eigenvalue weighted by Crippen LogP contribution is 2.40. The van der Waals surface area contributed by atoms with Gasteiger partial charge in [-0.05, 0) is 23.8 Å². The molecule has 2 heterocycles. The Labute approximate surface area is 171 Å². The van der Waals surface area contributed by atoms with Crippen LogP contribution >= 0.6 is 11.6 Å². The number of hydrogen-bond donors (Lipinski definition) is 0. The lowest BCUT2D eigenvalue weighted by molar-refractivity contribution is -0.171. The van der Waals surface area contributed by atoms with Gasteiger partial charge in [-0.1, -0.05) is 23.7 Å². The number of halogens is 7. The highest BCUT2D eigenvalue weighted by molar-refractivity contribution is 7.89. The summed E-state index contributed by atoms with van der Waals surface area (Å²) in [6.07, 6.45) is -7.38. The molecular formula is C17H12ClF6N3O2S. The Morgan fingerprint density at radius 2 is 1.67 bits per heavy atom. The molecule has 5 nitrogen and oxygen atoms in total. The molecule has 0 amide bonds. The van der Waals surface area contributed by atoms with Crippen LogP contribution < -0.4 is 0 Å². The van der Waals surface area contributed by atoms with E-state index in [2.05, 4.69) is 4.98 Å². The molecule has 0 radical (unpaired) electrons. The predicted octanol–water partition coefficient (Wildman–Crippen LogP) is 4.93. The van der Waals surface area contributed by atoms with Crippen molar-refractivity contribution in [3.8, 4) is 0 Å². The molecule has 0 aliphatic heterocycles. The molecule has 0 saturated heterocycles. The van der Waals surface area contributed by atoms with Crippen molar-refractivity contribution in [1.29, 1.82) is 0 Å². The van der Waals surface area contributed by atoms with Crippen LogP contribution in [0.2, 0.25) is 5.15 Å². The molecule has 30 heavy (non-hydrogen) atoms. The van der Waals surface area contributed by atoms with E-state index in [4.69, 9.17) is 11.6 Å². The van der Waals surface area contributed by atoms with E-state index in [-0.39, 0.29) is 15.1 Å². The number of hydrogen-bond acceptors (Lipinski definition) is 3. The summed E-state index contributed by atoms with van der Waals surface area (Å²) >= 11 is 5.85. The molecule has 3 rings (SSSR count). The molecule has 1 atom stereocenters. The third-order valence-corrected chi connectivity index (χ3v) is 6.44. The second kappa shape index (κ2) is 7.43. The van der Waals surface area contributed by atoms with E-state index in [1.54, 1.807) is 0 Å². The van der Waals surface area contributed by atoms with Crippen molar-refractivity contribution in [1.82, 2.24) is 13.7 Å². The maximum atomic E-state index is 13.7. The lowest BCUT2D eigenvalue weighted by Gasteiger charge is -2.29. The summed E-state index contributed by atoms with van der Waals surface area (Å²) in [6, 6.07) is 1.52. The molecule has 3 aromatic rings. The fourth-order valence-electron chi connectivity index (χ4n) is 2.86. The molecule has 13 heteroatoms. The molecule has 0 bridgehead atoms. The zero-order chi connectivity index (χ0) is 22.5. The van der Waals surface area contributed by atoms with Crippen molar-refractivity contribution < 1.29 is 34.8 Å². The number of benzene rings is 1. The second-order valence-electron chi connectivity index (χ2n) is 6.26. The third kappa shape index (κ3) is 4.12. The van der Waals surface area contributed by atoms with E-state index in [1.165, 1.54) is 16.8 Å². The largest absolute Gasteiger partial charge is 0.416 e. The third-order valence-electron chi connectivity index (χ3n) is 4.34. The number of aromatic nitrogens is 2. The Balaban J connectivity index is 2.05. The summed E-state index contributed by atoms with van der Waals surface area (Å²) < 4.78 is 106. The Morgan fingerprint density at radius 1 is 1.07 bits per heavy atom. The number of nitrogens with zero attached hydrogens (tertiary/aromatic N) is 3. The molecule has 0 saturated carbocycles. The summed E-state index contributed by atoms with van der Waals surface area (Å²) in [5.74, 6) is 0. The van der Waals surface area contributed by atoms with Crippen molar-refractivity contribution in [2.75, 3.05) is 7.05 Å². The van der Waals surface area contributed by atoms with Crippen molar-refractivity contribution in [3.05, 3.63) is 65.1 Å². The van der Waals surface area contributed by atoms with Crippen LogP contribution in [0.25, 0.3) is 5.65 Å². The van der Waals surface area contributed by atoms with Crippen LogP contribution in [0.3, 0.4) is 0 Å². The standard InChI is InChI=1S/C17H12ClF6N3O2S/c1-26(30(28,29)12-6-7-27-13(18)9-25-14(27)8-12)15(17(22,23)24)10-2-4-11(5-3-10)16(19,20)21/h2-9,15H,1H3/t15-/m1/s1. The Bertz CT molecular complexity index is 1170. The van der Waals surface area contributed by atoms with Gasteiger partial charge in [0, 0.05) is 19.3 Å². The summed E-state index contributed by atoms with van der Waals surface area (Å²) in [5.41, 5.74) is -1.72. The van der Waals surface area contributed by atoms with Crippen LogP contribution in [-0.2, 0) is 16.2 Å². The van der Waals surface area contributed by atoms with Gasteiger partial charge in [0.15, 0.2) is 0 Å². The monoisotopic (exact) mass is 471 g/mol. The number of imidazole rings is 1. The number of sulfonamides is 1. The van der Waals surface area contributed by atoms with Crippen LogP contribution in [0.15, 0.2) is 53.7 Å². The molecule has 1 aromatic carbocycles. The van der Waals surface area contributed by atoms with Crippen LogP contribution in [0, 0.1) is 0 Å². The normalized spacial score (nSPS) is 14.4. The first-order valence-corrected chi connectivity index (χ1v) is 9.89. The topological polar surface area (TPSA) is 54.7 Å². The lowest BCUT2D eigenvalue weighted by atomic mass is 10.0. The minimum Gasteiger partial charge on any atom is -0.290 e. The highest BCUT2D eigenvalue weighted by Gasteiger charge is 2.48. The summed E-state index contributed by atoms with van der Waals surface area (Å²) in [5, 5.41) is 0.167. The number of rotatable bonds is 4. The van der Waals surface area contributed by atoms with Crippen LogP contribution in [0.4, 0.5) is 26.3 Å². The van der Waals surface area contributed by atoms with Crippen LogP contribution in [0.5, 0.6) is 0 Å². The summed E-state index contributed by atoms with van der Waals surface area (Å²) in [6.45, 7) is 0. The SMILES string of the molecule is CN([C@H](c1ccc(C(F)(F)F)cc1)C(F)(F)F)S(=O)(=O)c1ccn2c(Cl)cnc2c1. The molecular weight excluding hydrogens is 460 g/mol. The van der Waals surface area contributed by atoms with Crippen molar-refractivity contribution >= 4 is 27.3 Å². The summed E-state index contributed by atoms with van der Waals surface area (Å²) in [7, 11) is -3.99. The van der Waals surface area contributed by atoms with Crippen LogP contribution in [-0.4, -0.2) is 35.3 Å². The fraction of sp³-hybridized carbons (Fsp3) is 0.235. The molecule has 0 aliphatic rings. The molecule has 0 fully saturated rings. The number of fused-ring (bicyclic) bond motifs is 1. The van der Waals surface area contributed by atoms with E-state index in [9.17, 15) is 34.8 Å². The maximum Gasteiger partial charge on any atom is 0.416 e. The lowest BCUT2D eigenvalue weighted by Crippen LogP contribution is -2.39. The zero-order valence-electron chi connectivity index (χ0n) is 14.9. The first kappa shape index (κ1) is 22.4. The number of alkyl halides is 6. The van der Waals surface area contributed by atoms with Gasteiger partial charge in [-0.3, -0.25) is 4.40 Å². The van der Waals surface area contributed by atoms with Gasteiger partial charge in [0.05, 0.1) is 16.7 Å². The molecule has 0 spiro atoms. The van der Waals surface area contributed by atoms with Gasteiger partial charge in [-0.2, -0.15) is 30.6 Å². The van der Waals surface area contributed by atoms with E-state index in [0.29, 0.717) is 31.3 Å². The first-order valence-electron chi connectivity index (χ1n) is 8.07. The maximum absolute atomic E-state index is 13.7. The average Bonchev–Trinajstić information content (AvgIpc) is 3.01. The van der Waals surface area contributed by atoms with Gasteiger partial charge < -0.3 is 0 Å². The van der Waals surface area contributed by atoms with E-state index in [0.717, 1.165) is 12.1 Å². The van der Waals surface area contributed by atoms with Gasteiger partial charge in [-0.15, -0.1) is 0 Å². The molecule has 162 valence electrons. The predicted molar refractivity (Wildman–Crippen MR) is 95.4 cm³/mol. The Kier molecular flexibility index (Phi) is 5.54. The molecule has 0 unspecified atom stereocenters. The first-order chi connectivity index (χ1) is 13.7. The number of pyridine rings is 1. The molecule has 0 aliphatic carbocycles.